The lowest BCUT2D eigenvalue weighted by Gasteiger charge is -1.89. The number of rotatable bonds is 0. The Morgan fingerprint density at radius 1 is 1.36 bits per heavy atom. The molecule has 2 heterocycles. The average molecular weight is 153 g/mol. The van der Waals surface area contributed by atoms with Gasteiger partial charge in [0.25, 0.3) is 0 Å². The molecule has 6 heteroatoms. The van der Waals surface area contributed by atoms with Gasteiger partial charge >= 0.3 is 11.9 Å². The monoisotopic (exact) mass is 153 g/mol. The number of aromatic nitrogens is 3. The van der Waals surface area contributed by atoms with Gasteiger partial charge in [0, 0.05) is 7.05 Å². The van der Waals surface area contributed by atoms with Gasteiger partial charge in [-0.25, -0.2) is 14.3 Å². The van der Waals surface area contributed by atoms with E-state index in [1.165, 1.54) is 11.7 Å². The highest BCUT2D eigenvalue weighted by atomic mass is 16.6. The number of nitrogens with zero attached hydrogens (tertiary/aromatic N) is 3. The topological polar surface area (TPSA) is 74.1 Å². The van der Waals surface area contributed by atoms with Crippen LogP contribution in [0.5, 0.6) is 0 Å². The zero-order chi connectivity index (χ0) is 8.01. The van der Waals surface area contributed by atoms with Crippen molar-refractivity contribution in [3.05, 3.63) is 11.4 Å². The van der Waals surface area contributed by atoms with Crippen LogP contribution in [0.15, 0.2) is 0 Å². The molecule has 0 saturated heterocycles. The fourth-order valence-corrected chi connectivity index (χ4v) is 0.904. The Labute approximate surface area is 60.8 Å². The van der Waals surface area contributed by atoms with E-state index < -0.39 is 11.9 Å². The van der Waals surface area contributed by atoms with Gasteiger partial charge in [0.1, 0.15) is 0 Å². The number of fused-ring (bicyclic) bond motifs is 1. The van der Waals surface area contributed by atoms with Gasteiger partial charge in [0.2, 0.25) is 5.69 Å². The van der Waals surface area contributed by atoms with Crippen LogP contribution in [-0.2, 0) is 11.8 Å². The standard InChI is InChI=1S/C5H3N3O3/c1-8-3-2(6-7-8)4(9)11-5(3)10/h1H3. The minimum Gasteiger partial charge on any atom is -0.383 e. The molecule has 1 aliphatic rings. The summed E-state index contributed by atoms with van der Waals surface area (Å²) >= 11 is 0. The average Bonchev–Trinajstić information content (AvgIpc) is 2.41. The second-order valence-electron chi connectivity index (χ2n) is 2.09. The zero-order valence-corrected chi connectivity index (χ0v) is 5.57. The van der Waals surface area contributed by atoms with Gasteiger partial charge in [-0.05, 0) is 0 Å². The Hall–Kier alpha value is -1.72. The second-order valence-corrected chi connectivity index (χ2v) is 2.09. The summed E-state index contributed by atoms with van der Waals surface area (Å²) in [5, 5.41) is 6.93. The molecule has 0 fully saturated rings. The van der Waals surface area contributed by atoms with Gasteiger partial charge < -0.3 is 4.74 Å². The SMILES string of the molecule is Cn1nnc2c1C(=O)OC2=O. The number of cyclic esters (lactones) is 2. The van der Waals surface area contributed by atoms with E-state index in [-0.39, 0.29) is 11.4 Å². The van der Waals surface area contributed by atoms with Crippen molar-refractivity contribution in [2.45, 2.75) is 0 Å². The summed E-state index contributed by atoms with van der Waals surface area (Å²) in [6.07, 6.45) is 0. The van der Waals surface area contributed by atoms with Crippen LogP contribution in [0, 0.1) is 0 Å². The lowest BCUT2D eigenvalue weighted by Crippen LogP contribution is -2.05. The van der Waals surface area contributed by atoms with Crippen LogP contribution in [0.3, 0.4) is 0 Å². The van der Waals surface area contributed by atoms with Gasteiger partial charge in [-0.3, -0.25) is 0 Å². The zero-order valence-electron chi connectivity index (χ0n) is 5.57. The third kappa shape index (κ3) is 0.603. The van der Waals surface area contributed by atoms with Gasteiger partial charge in [0.05, 0.1) is 0 Å². The summed E-state index contributed by atoms with van der Waals surface area (Å²) in [6.45, 7) is 0. The molecule has 2 rings (SSSR count). The quantitative estimate of drug-likeness (QED) is 0.357. The van der Waals surface area contributed by atoms with Crippen molar-refractivity contribution in [2.24, 2.45) is 7.05 Å². The molecule has 0 aliphatic carbocycles. The highest BCUT2D eigenvalue weighted by molar-refractivity contribution is 6.12. The van der Waals surface area contributed by atoms with Gasteiger partial charge in [0.15, 0.2) is 5.69 Å². The van der Waals surface area contributed by atoms with Crippen LogP contribution >= 0.6 is 0 Å². The van der Waals surface area contributed by atoms with E-state index in [2.05, 4.69) is 15.0 Å². The first-order chi connectivity index (χ1) is 5.20. The molecule has 11 heavy (non-hydrogen) atoms. The summed E-state index contributed by atoms with van der Waals surface area (Å²) in [6, 6.07) is 0. The summed E-state index contributed by atoms with van der Waals surface area (Å²) in [7, 11) is 1.52. The Bertz CT molecular complexity index is 354. The first-order valence-corrected chi connectivity index (χ1v) is 2.86. The molecule has 0 spiro atoms. The van der Waals surface area contributed by atoms with Crippen molar-refractivity contribution in [3.8, 4) is 0 Å². The Kier molecular flexibility index (Phi) is 0.906. The fourth-order valence-electron chi connectivity index (χ4n) is 0.904. The molecule has 1 aliphatic heterocycles. The molecule has 1 aromatic heterocycles. The molecule has 0 saturated carbocycles. The molecular weight excluding hydrogens is 150 g/mol. The molecule has 0 amide bonds. The maximum Gasteiger partial charge on any atom is 0.369 e. The van der Waals surface area contributed by atoms with Gasteiger partial charge in [-0.2, -0.15) is 0 Å². The molecule has 1 aromatic rings. The van der Waals surface area contributed by atoms with Crippen LogP contribution in [0.4, 0.5) is 0 Å². The Morgan fingerprint density at radius 3 is 2.73 bits per heavy atom. The molecule has 0 bridgehead atoms. The number of hydrogen-bond acceptors (Lipinski definition) is 5. The minimum atomic E-state index is -0.724. The molecule has 6 nitrogen and oxygen atoms in total. The van der Waals surface area contributed by atoms with Crippen molar-refractivity contribution in [1.82, 2.24) is 15.0 Å². The molecule has 0 aromatic carbocycles. The van der Waals surface area contributed by atoms with E-state index in [9.17, 15) is 9.59 Å². The number of ether oxygens (including phenoxy) is 1. The van der Waals surface area contributed by atoms with Crippen molar-refractivity contribution < 1.29 is 14.3 Å². The predicted octanol–water partition coefficient (Wildman–Crippen LogP) is -0.874. The lowest BCUT2D eigenvalue weighted by atomic mass is 10.4. The number of aryl methyl sites for hydroxylation is 1. The van der Waals surface area contributed by atoms with E-state index in [0.29, 0.717) is 0 Å². The molecular formula is C5H3N3O3. The van der Waals surface area contributed by atoms with Crippen molar-refractivity contribution in [1.29, 1.82) is 0 Å². The minimum absolute atomic E-state index is 0.00231. The maximum atomic E-state index is 10.8. The van der Waals surface area contributed by atoms with Crippen molar-refractivity contribution >= 4 is 11.9 Å². The smallest absolute Gasteiger partial charge is 0.369 e. The van der Waals surface area contributed by atoms with E-state index in [4.69, 9.17) is 0 Å². The third-order valence-electron chi connectivity index (χ3n) is 1.40. The fraction of sp³-hybridized carbons (Fsp3) is 0.200. The predicted molar refractivity (Wildman–Crippen MR) is 30.7 cm³/mol. The molecule has 0 radical (unpaired) electrons. The van der Waals surface area contributed by atoms with Gasteiger partial charge in [-0.1, -0.05) is 5.21 Å². The second kappa shape index (κ2) is 1.66. The lowest BCUT2D eigenvalue weighted by molar-refractivity contribution is 0.0433. The number of esters is 2. The molecule has 0 N–H and O–H groups in total. The molecule has 56 valence electrons. The summed E-state index contributed by atoms with van der Waals surface area (Å²) in [5.41, 5.74) is 0.118. The Morgan fingerprint density at radius 2 is 2.09 bits per heavy atom. The summed E-state index contributed by atoms with van der Waals surface area (Å²) in [5.74, 6) is -1.41. The van der Waals surface area contributed by atoms with Crippen LogP contribution in [0.1, 0.15) is 21.0 Å². The number of carbonyl (C=O) groups excluding carboxylic acids is 2. The summed E-state index contributed by atoms with van der Waals surface area (Å²) < 4.78 is 5.46. The van der Waals surface area contributed by atoms with Crippen LogP contribution in [0.2, 0.25) is 0 Å². The largest absolute Gasteiger partial charge is 0.383 e. The van der Waals surface area contributed by atoms with Crippen LogP contribution in [-0.4, -0.2) is 26.9 Å². The maximum absolute atomic E-state index is 10.8. The van der Waals surface area contributed by atoms with Crippen molar-refractivity contribution in [3.63, 3.8) is 0 Å². The highest BCUT2D eigenvalue weighted by Gasteiger charge is 2.35. The number of carbonyl (C=O) groups is 2. The number of hydrogen-bond donors (Lipinski definition) is 0. The third-order valence-corrected chi connectivity index (χ3v) is 1.40. The first-order valence-electron chi connectivity index (χ1n) is 2.86. The van der Waals surface area contributed by atoms with E-state index in [1.54, 1.807) is 0 Å². The Balaban J connectivity index is 2.72. The van der Waals surface area contributed by atoms with E-state index in [0.717, 1.165) is 0 Å². The van der Waals surface area contributed by atoms with Crippen LogP contribution < -0.4 is 0 Å². The molecule has 0 atom stereocenters. The van der Waals surface area contributed by atoms with Crippen molar-refractivity contribution in [2.75, 3.05) is 0 Å². The van der Waals surface area contributed by atoms with Gasteiger partial charge in [-0.15, -0.1) is 5.10 Å². The summed E-state index contributed by atoms with van der Waals surface area (Å²) in [4.78, 5) is 21.5. The molecule has 0 unspecified atom stereocenters. The first kappa shape index (κ1) is 6.02. The highest BCUT2D eigenvalue weighted by Crippen LogP contribution is 2.15. The van der Waals surface area contributed by atoms with E-state index >= 15 is 0 Å². The normalized spacial score (nSPS) is 15.0. The van der Waals surface area contributed by atoms with Crippen LogP contribution in [0.25, 0.3) is 0 Å². The van der Waals surface area contributed by atoms with E-state index in [1.807, 2.05) is 0 Å².